The third-order valence-electron chi connectivity index (χ3n) is 5.70. The van der Waals surface area contributed by atoms with E-state index in [1.54, 1.807) is 35.6 Å². The summed E-state index contributed by atoms with van der Waals surface area (Å²) in [5.74, 6) is 1.70. The predicted molar refractivity (Wildman–Crippen MR) is 137 cm³/mol. The first-order valence-corrected chi connectivity index (χ1v) is 11.7. The zero-order valence-corrected chi connectivity index (χ0v) is 20.0. The molecule has 10 nitrogen and oxygen atoms in total. The molecule has 11 heteroatoms. The number of ether oxygens (including phenoxy) is 1. The number of benzene rings is 1. The lowest BCUT2D eigenvalue weighted by Gasteiger charge is -2.16. The Kier molecular flexibility index (Phi) is 6.85. The largest absolute Gasteiger partial charge is 0.486 e. The maximum absolute atomic E-state index is 11.9. The van der Waals surface area contributed by atoms with Crippen LogP contribution in [0.25, 0.3) is 11.0 Å². The van der Waals surface area contributed by atoms with E-state index in [2.05, 4.69) is 37.1 Å². The number of hydrogen-bond donors (Lipinski definition) is 2. The van der Waals surface area contributed by atoms with Gasteiger partial charge < -0.3 is 20.3 Å². The highest BCUT2D eigenvalue weighted by atomic mass is 35.5. The standard InChI is InChI=1S/C25H23ClN8O2/c1-2-23(35)34-10-7-17(13-34)31-22-6-4-20-24(33-22)25(30-15-29-20)32-16-3-5-21(19(26)11-16)36-14-18-12-27-8-9-28-18/h2-6,8-9,11-12,15,17H,1,7,10,13-14H2,(H,31,33)(H,29,30,32)/t17-/m0/s1. The van der Waals surface area contributed by atoms with Gasteiger partial charge in [0.25, 0.3) is 0 Å². The lowest BCUT2D eigenvalue weighted by Crippen LogP contribution is -2.30. The monoisotopic (exact) mass is 502 g/mol. The molecule has 0 bridgehead atoms. The summed E-state index contributed by atoms with van der Waals surface area (Å²) in [4.78, 5) is 35.3. The summed E-state index contributed by atoms with van der Waals surface area (Å²) in [7, 11) is 0. The minimum atomic E-state index is -0.0607. The van der Waals surface area contributed by atoms with Crippen molar-refractivity contribution in [3.05, 3.63) is 78.6 Å². The van der Waals surface area contributed by atoms with Crippen molar-refractivity contribution in [2.45, 2.75) is 19.1 Å². The molecule has 1 atom stereocenters. The van der Waals surface area contributed by atoms with Gasteiger partial charge in [-0.05, 0) is 42.8 Å². The lowest BCUT2D eigenvalue weighted by atomic mass is 10.2. The molecule has 0 aliphatic carbocycles. The van der Waals surface area contributed by atoms with Gasteiger partial charge in [0.05, 0.1) is 22.4 Å². The van der Waals surface area contributed by atoms with E-state index in [0.29, 0.717) is 52.2 Å². The predicted octanol–water partition coefficient (Wildman–Crippen LogP) is 3.99. The molecule has 4 aromatic rings. The Hall–Kier alpha value is -4.31. The summed E-state index contributed by atoms with van der Waals surface area (Å²) in [6, 6.07) is 9.24. The molecule has 1 aliphatic rings. The molecule has 3 aromatic heterocycles. The van der Waals surface area contributed by atoms with E-state index >= 15 is 0 Å². The second-order valence-corrected chi connectivity index (χ2v) is 8.57. The first-order chi connectivity index (χ1) is 17.6. The number of aromatic nitrogens is 5. The molecule has 1 saturated heterocycles. The van der Waals surface area contributed by atoms with Gasteiger partial charge in [-0.2, -0.15) is 0 Å². The Balaban J connectivity index is 1.30. The average molecular weight is 503 g/mol. The zero-order valence-electron chi connectivity index (χ0n) is 19.3. The number of carbonyl (C=O) groups is 1. The number of amides is 1. The van der Waals surface area contributed by atoms with E-state index in [1.807, 2.05) is 18.2 Å². The van der Waals surface area contributed by atoms with Crippen molar-refractivity contribution < 1.29 is 9.53 Å². The fourth-order valence-electron chi connectivity index (χ4n) is 3.92. The molecule has 4 heterocycles. The maximum Gasteiger partial charge on any atom is 0.246 e. The quantitative estimate of drug-likeness (QED) is 0.345. The van der Waals surface area contributed by atoms with Crippen LogP contribution in [-0.4, -0.2) is 54.9 Å². The lowest BCUT2D eigenvalue weighted by molar-refractivity contribution is -0.125. The van der Waals surface area contributed by atoms with Gasteiger partial charge >= 0.3 is 0 Å². The molecule has 1 amide bonds. The molecule has 2 N–H and O–H groups in total. The van der Waals surface area contributed by atoms with E-state index in [0.717, 1.165) is 12.1 Å². The topological polar surface area (TPSA) is 118 Å². The fourth-order valence-corrected chi connectivity index (χ4v) is 4.15. The molecule has 5 rings (SSSR count). The average Bonchev–Trinajstić information content (AvgIpc) is 3.37. The number of pyridine rings is 1. The summed E-state index contributed by atoms with van der Waals surface area (Å²) in [5, 5.41) is 7.12. The number of nitrogens with one attached hydrogen (secondary N) is 2. The Bertz CT molecular complexity index is 1400. The van der Waals surface area contributed by atoms with Gasteiger partial charge in [-0.15, -0.1) is 0 Å². The van der Waals surface area contributed by atoms with Crippen molar-refractivity contribution in [2.75, 3.05) is 23.7 Å². The first-order valence-electron chi connectivity index (χ1n) is 11.3. The van der Waals surface area contributed by atoms with Crippen LogP contribution in [0.3, 0.4) is 0 Å². The Morgan fingerprint density at radius 1 is 1.22 bits per heavy atom. The van der Waals surface area contributed by atoms with Crippen molar-refractivity contribution in [2.24, 2.45) is 0 Å². The van der Waals surface area contributed by atoms with Crippen LogP contribution in [0.1, 0.15) is 12.1 Å². The molecule has 0 radical (unpaired) electrons. The van der Waals surface area contributed by atoms with Gasteiger partial charge in [0.1, 0.15) is 30.0 Å². The molecule has 0 saturated carbocycles. The van der Waals surface area contributed by atoms with Crippen LogP contribution in [-0.2, 0) is 11.4 Å². The van der Waals surface area contributed by atoms with E-state index in [4.69, 9.17) is 21.3 Å². The first kappa shape index (κ1) is 23.4. The van der Waals surface area contributed by atoms with Crippen LogP contribution in [0.15, 0.2) is 67.9 Å². The number of rotatable bonds is 8. The smallest absolute Gasteiger partial charge is 0.246 e. The maximum atomic E-state index is 11.9. The third kappa shape index (κ3) is 5.33. The van der Waals surface area contributed by atoms with Crippen molar-refractivity contribution in [3.8, 4) is 5.75 Å². The molecular weight excluding hydrogens is 480 g/mol. The zero-order chi connectivity index (χ0) is 24.9. The molecule has 36 heavy (non-hydrogen) atoms. The summed E-state index contributed by atoms with van der Waals surface area (Å²) in [5.41, 5.74) is 2.74. The van der Waals surface area contributed by atoms with Crippen LogP contribution in [0.2, 0.25) is 5.02 Å². The van der Waals surface area contributed by atoms with Crippen molar-refractivity contribution in [1.82, 2.24) is 29.8 Å². The SMILES string of the molecule is C=CC(=O)N1CC[C@H](Nc2ccc3ncnc(Nc4ccc(OCc5cnccn5)c(Cl)c4)c3n2)C1. The van der Waals surface area contributed by atoms with Crippen LogP contribution in [0.5, 0.6) is 5.75 Å². The molecule has 182 valence electrons. The fraction of sp³-hybridized carbons (Fsp3) is 0.200. The van der Waals surface area contributed by atoms with Gasteiger partial charge in [-0.1, -0.05) is 18.2 Å². The number of likely N-dealkylation sites (tertiary alicyclic amines) is 1. The second kappa shape index (κ2) is 10.5. The molecule has 1 fully saturated rings. The molecule has 1 aromatic carbocycles. The van der Waals surface area contributed by atoms with Crippen LogP contribution < -0.4 is 15.4 Å². The number of nitrogens with zero attached hydrogens (tertiary/aromatic N) is 6. The molecule has 0 spiro atoms. The van der Waals surface area contributed by atoms with E-state index in [-0.39, 0.29) is 18.6 Å². The van der Waals surface area contributed by atoms with Gasteiger partial charge in [-0.25, -0.2) is 15.0 Å². The molecule has 0 unspecified atom stereocenters. The number of hydrogen-bond acceptors (Lipinski definition) is 9. The minimum absolute atomic E-state index is 0.0607. The summed E-state index contributed by atoms with van der Waals surface area (Å²) in [6.45, 7) is 5.11. The summed E-state index contributed by atoms with van der Waals surface area (Å²) >= 11 is 6.45. The van der Waals surface area contributed by atoms with Crippen LogP contribution in [0, 0.1) is 0 Å². The summed E-state index contributed by atoms with van der Waals surface area (Å²) in [6.07, 6.45) is 8.52. The van der Waals surface area contributed by atoms with Crippen molar-refractivity contribution >= 4 is 45.9 Å². The highest BCUT2D eigenvalue weighted by molar-refractivity contribution is 6.32. The third-order valence-corrected chi connectivity index (χ3v) is 5.99. The second-order valence-electron chi connectivity index (χ2n) is 8.16. The van der Waals surface area contributed by atoms with E-state index in [9.17, 15) is 4.79 Å². The van der Waals surface area contributed by atoms with E-state index < -0.39 is 0 Å². The highest BCUT2D eigenvalue weighted by Gasteiger charge is 2.25. The van der Waals surface area contributed by atoms with Crippen LogP contribution >= 0.6 is 11.6 Å². The number of anilines is 3. The Morgan fingerprint density at radius 3 is 2.94 bits per heavy atom. The van der Waals surface area contributed by atoms with E-state index in [1.165, 1.54) is 12.4 Å². The van der Waals surface area contributed by atoms with Crippen LogP contribution in [0.4, 0.5) is 17.3 Å². The van der Waals surface area contributed by atoms with Crippen molar-refractivity contribution in [3.63, 3.8) is 0 Å². The Labute approximate surface area is 212 Å². The van der Waals surface area contributed by atoms with Crippen molar-refractivity contribution in [1.29, 1.82) is 0 Å². The molecule has 1 aliphatic heterocycles. The highest BCUT2D eigenvalue weighted by Crippen LogP contribution is 2.31. The van der Waals surface area contributed by atoms with Gasteiger partial charge in [-0.3, -0.25) is 14.8 Å². The van der Waals surface area contributed by atoms with Gasteiger partial charge in [0, 0.05) is 37.2 Å². The van der Waals surface area contributed by atoms with Gasteiger partial charge in [0.2, 0.25) is 5.91 Å². The molecular formula is C25H23ClN8O2. The van der Waals surface area contributed by atoms with Gasteiger partial charge in [0.15, 0.2) is 5.82 Å². The number of carbonyl (C=O) groups excluding carboxylic acids is 1. The Morgan fingerprint density at radius 2 is 2.14 bits per heavy atom. The normalized spacial score (nSPS) is 15.0. The number of halogens is 1. The minimum Gasteiger partial charge on any atom is -0.486 e. The number of fused-ring (bicyclic) bond motifs is 1. The summed E-state index contributed by atoms with van der Waals surface area (Å²) < 4.78 is 5.77.